The normalized spacial score (nSPS) is 14.6. The van der Waals surface area contributed by atoms with Gasteiger partial charge in [0.25, 0.3) is 0 Å². The van der Waals surface area contributed by atoms with Crippen molar-refractivity contribution >= 4 is 11.4 Å². The van der Waals surface area contributed by atoms with Gasteiger partial charge in [-0.05, 0) is 78.0 Å². The fourth-order valence-corrected chi connectivity index (χ4v) is 4.01. The Morgan fingerprint density at radius 2 is 1.14 bits per heavy atom. The standard InChI is InChI=1S/C28H37N/c1-27(2,3)20-22-12-16-25(17-13-22)29(24-10-8-7-9-11-24)26-18-14-23(15-19-26)21-28(4,5)6/h7-8,10,12-19H,9,11,20-21H2,1-6H3. The quantitative estimate of drug-likeness (QED) is 0.499. The molecule has 0 saturated carbocycles. The van der Waals surface area contributed by atoms with Crippen LogP contribution in [-0.4, -0.2) is 0 Å². The lowest BCUT2D eigenvalue weighted by Crippen LogP contribution is -2.18. The Morgan fingerprint density at radius 1 is 0.690 bits per heavy atom. The first-order valence-corrected chi connectivity index (χ1v) is 10.9. The summed E-state index contributed by atoms with van der Waals surface area (Å²) in [6.07, 6.45) is 11.1. The van der Waals surface area contributed by atoms with Crippen LogP contribution in [-0.2, 0) is 12.8 Å². The first-order valence-electron chi connectivity index (χ1n) is 10.9. The number of rotatable bonds is 5. The summed E-state index contributed by atoms with van der Waals surface area (Å²) >= 11 is 0. The number of nitrogens with zero attached hydrogens (tertiary/aromatic N) is 1. The molecule has 0 unspecified atom stereocenters. The van der Waals surface area contributed by atoms with E-state index in [2.05, 4.69) is 113 Å². The smallest absolute Gasteiger partial charge is 0.0458 e. The van der Waals surface area contributed by atoms with Crippen molar-refractivity contribution < 1.29 is 0 Å². The molecule has 1 aliphatic rings. The third-order valence-electron chi connectivity index (χ3n) is 5.14. The molecule has 29 heavy (non-hydrogen) atoms. The number of hydrogen-bond donors (Lipinski definition) is 0. The maximum absolute atomic E-state index is 2.42. The Balaban J connectivity index is 1.91. The highest BCUT2D eigenvalue weighted by atomic mass is 15.1. The Bertz CT molecular complexity index is 793. The summed E-state index contributed by atoms with van der Waals surface area (Å²) < 4.78 is 0. The van der Waals surface area contributed by atoms with E-state index in [1.54, 1.807) is 0 Å². The van der Waals surface area contributed by atoms with Gasteiger partial charge in [-0.15, -0.1) is 0 Å². The zero-order valence-corrected chi connectivity index (χ0v) is 19.1. The maximum Gasteiger partial charge on any atom is 0.0458 e. The maximum atomic E-state index is 2.42. The molecule has 0 aromatic heterocycles. The average molecular weight is 388 g/mol. The van der Waals surface area contributed by atoms with Crippen molar-refractivity contribution in [3.63, 3.8) is 0 Å². The number of hydrogen-bond acceptors (Lipinski definition) is 1. The van der Waals surface area contributed by atoms with Gasteiger partial charge in [-0.3, -0.25) is 0 Å². The second-order valence-electron chi connectivity index (χ2n) is 10.8. The molecule has 0 atom stereocenters. The van der Waals surface area contributed by atoms with E-state index >= 15 is 0 Å². The van der Waals surface area contributed by atoms with Gasteiger partial charge in [0.1, 0.15) is 0 Å². The van der Waals surface area contributed by atoms with E-state index in [4.69, 9.17) is 0 Å². The Kier molecular flexibility index (Phi) is 6.36. The van der Waals surface area contributed by atoms with Crippen LogP contribution in [0, 0.1) is 10.8 Å². The molecule has 0 spiro atoms. The topological polar surface area (TPSA) is 3.24 Å². The zero-order valence-electron chi connectivity index (χ0n) is 19.1. The van der Waals surface area contributed by atoms with Crippen molar-refractivity contribution in [1.82, 2.24) is 0 Å². The van der Waals surface area contributed by atoms with Crippen LogP contribution in [0.25, 0.3) is 0 Å². The molecule has 0 radical (unpaired) electrons. The summed E-state index contributed by atoms with van der Waals surface area (Å²) in [5.41, 5.74) is 7.26. The number of benzene rings is 2. The highest BCUT2D eigenvalue weighted by Gasteiger charge is 2.17. The van der Waals surface area contributed by atoms with Crippen LogP contribution in [0.15, 0.2) is 72.5 Å². The van der Waals surface area contributed by atoms with Gasteiger partial charge in [-0.2, -0.15) is 0 Å². The summed E-state index contributed by atoms with van der Waals surface area (Å²) in [5.74, 6) is 0. The van der Waals surface area contributed by atoms with Crippen LogP contribution < -0.4 is 4.90 Å². The molecule has 0 saturated heterocycles. The van der Waals surface area contributed by atoms with Crippen LogP contribution in [0.3, 0.4) is 0 Å². The van der Waals surface area contributed by atoms with Crippen molar-refractivity contribution in [2.75, 3.05) is 4.90 Å². The van der Waals surface area contributed by atoms with Gasteiger partial charge in [0.2, 0.25) is 0 Å². The first kappa shape index (κ1) is 21.4. The molecule has 154 valence electrons. The van der Waals surface area contributed by atoms with E-state index in [1.807, 2.05) is 0 Å². The fourth-order valence-electron chi connectivity index (χ4n) is 4.01. The molecule has 1 nitrogen and oxygen atoms in total. The van der Waals surface area contributed by atoms with E-state index in [0.29, 0.717) is 10.8 Å². The third-order valence-corrected chi connectivity index (χ3v) is 5.14. The van der Waals surface area contributed by atoms with Crippen LogP contribution in [0.4, 0.5) is 11.4 Å². The van der Waals surface area contributed by atoms with Crippen molar-refractivity contribution in [3.8, 4) is 0 Å². The molecule has 0 aliphatic heterocycles. The minimum absolute atomic E-state index is 0.306. The fraction of sp³-hybridized carbons (Fsp3) is 0.429. The summed E-state index contributed by atoms with van der Waals surface area (Å²) in [4.78, 5) is 2.42. The van der Waals surface area contributed by atoms with Gasteiger partial charge in [-0.25, -0.2) is 0 Å². The van der Waals surface area contributed by atoms with E-state index in [9.17, 15) is 0 Å². The van der Waals surface area contributed by atoms with Crippen LogP contribution in [0.5, 0.6) is 0 Å². The minimum Gasteiger partial charge on any atom is -0.314 e. The van der Waals surface area contributed by atoms with Crippen LogP contribution >= 0.6 is 0 Å². The van der Waals surface area contributed by atoms with E-state index < -0.39 is 0 Å². The molecule has 2 aromatic carbocycles. The minimum atomic E-state index is 0.306. The molecule has 0 fully saturated rings. The molecular formula is C28H37N. The molecule has 0 N–H and O–H groups in total. The monoisotopic (exact) mass is 387 g/mol. The van der Waals surface area contributed by atoms with Gasteiger partial charge in [0.15, 0.2) is 0 Å². The van der Waals surface area contributed by atoms with Crippen LogP contribution in [0.1, 0.15) is 65.5 Å². The molecule has 1 aliphatic carbocycles. The lowest BCUT2D eigenvalue weighted by atomic mass is 9.88. The molecular weight excluding hydrogens is 350 g/mol. The molecule has 2 aromatic rings. The Morgan fingerprint density at radius 3 is 1.48 bits per heavy atom. The highest BCUT2D eigenvalue weighted by Crippen LogP contribution is 2.34. The predicted octanol–water partition coefficient (Wildman–Crippen LogP) is 8.24. The van der Waals surface area contributed by atoms with Crippen molar-refractivity contribution in [3.05, 3.63) is 83.6 Å². The molecule has 0 bridgehead atoms. The van der Waals surface area contributed by atoms with Crippen molar-refractivity contribution in [1.29, 1.82) is 0 Å². The second kappa shape index (κ2) is 8.61. The van der Waals surface area contributed by atoms with E-state index in [-0.39, 0.29) is 0 Å². The van der Waals surface area contributed by atoms with Crippen molar-refractivity contribution in [2.24, 2.45) is 10.8 Å². The Hall–Kier alpha value is -2.28. The SMILES string of the molecule is CC(C)(C)Cc1ccc(N(C2=CC=CCC2)c2ccc(CC(C)(C)C)cc2)cc1. The lowest BCUT2D eigenvalue weighted by Gasteiger charge is -2.29. The van der Waals surface area contributed by atoms with E-state index in [0.717, 1.165) is 25.7 Å². The molecule has 3 rings (SSSR count). The number of anilines is 2. The number of allylic oxidation sites excluding steroid dienone is 4. The summed E-state index contributed by atoms with van der Waals surface area (Å²) in [6.45, 7) is 13.8. The van der Waals surface area contributed by atoms with Gasteiger partial charge in [0.05, 0.1) is 0 Å². The molecule has 0 amide bonds. The second-order valence-corrected chi connectivity index (χ2v) is 10.8. The molecule has 0 heterocycles. The van der Waals surface area contributed by atoms with Crippen LogP contribution in [0.2, 0.25) is 0 Å². The van der Waals surface area contributed by atoms with Gasteiger partial charge in [0, 0.05) is 17.1 Å². The van der Waals surface area contributed by atoms with Gasteiger partial charge >= 0.3 is 0 Å². The zero-order chi connectivity index (χ0) is 21.1. The summed E-state index contributed by atoms with van der Waals surface area (Å²) in [7, 11) is 0. The Labute approximate surface area is 178 Å². The van der Waals surface area contributed by atoms with E-state index in [1.165, 1.54) is 28.2 Å². The highest BCUT2D eigenvalue weighted by molar-refractivity contribution is 5.69. The average Bonchev–Trinajstić information content (AvgIpc) is 2.63. The summed E-state index contributed by atoms with van der Waals surface area (Å²) in [5, 5.41) is 0. The van der Waals surface area contributed by atoms with Crippen molar-refractivity contribution in [2.45, 2.75) is 67.2 Å². The van der Waals surface area contributed by atoms with Gasteiger partial charge < -0.3 is 4.90 Å². The first-order chi connectivity index (χ1) is 13.6. The van der Waals surface area contributed by atoms with Gasteiger partial charge in [-0.1, -0.05) is 78.0 Å². The third kappa shape index (κ3) is 6.35. The summed E-state index contributed by atoms with van der Waals surface area (Å²) in [6, 6.07) is 18.3. The lowest BCUT2D eigenvalue weighted by molar-refractivity contribution is 0.411. The predicted molar refractivity (Wildman–Crippen MR) is 128 cm³/mol. The molecule has 1 heteroatoms. The largest absolute Gasteiger partial charge is 0.314 e.